The van der Waals surface area contributed by atoms with Crippen LogP contribution in [0.15, 0.2) is 30.5 Å². The molecule has 0 saturated heterocycles. The van der Waals surface area contributed by atoms with E-state index in [1.54, 1.807) is 6.20 Å². The Morgan fingerprint density at radius 1 is 1.26 bits per heavy atom. The predicted molar refractivity (Wildman–Crippen MR) is 71.3 cm³/mol. The van der Waals surface area contributed by atoms with Crippen molar-refractivity contribution in [3.8, 4) is 11.5 Å². The third kappa shape index (κ3) is 2.71. The molecule has 1 atom stereocenters. The lowest BCUT2D eigenvalue weighted by Gasteiger charge is -2.19. The molecule has 0 amide bonds. The molecule has 5 nitrogen and oxygen atoms in total. The van der Waals surface area contributed by atoms with Gasteiger partial charge in [-0.3, -0.25) is 5.10 Å². The highest BCUT2D eigenvalue weighted by Crippen LogP contribution is 2.30. The molecule has 1 aliphatic rings. The summed E-state index contributed by atoms with van der Waals surface area (Å²) in [5.74, 6) is 1.66. The average molecular weight is 259 g/mol. The summed E-state index contributed by atoms with van der Waals surface area (Å²) in [6.45, 7) is 4.12. The van der Waals surface area contributed by atoms with E-state index < -0.39 is 0 Å². The molecular formula is C14H17N3O2. The molecule has 1 aromatic heterocycles. The van der Waals surface area contributed by atoms with Crippen LogP contribution >= 0.6 is 0 Å². The van der Waals surface area contributed by atoms with Gasteiger partial charge in [-0.2, -0.15) is 5.10 Å². The third-order valence-electron chi connectivity index (χ3n) is 3.21. The van der Waals surface area contributed by atoms with Crippen molar-refractivity contribution in [3.05, 3.63) is 41.7 Å². The molecule has 2 heterocycles. The largest absolute Gasteiger partial charge is 0.486 e. The number of rotatable bonds is 4. The Bertz CT molecular complexity index is 540. The zero-order chi connectivity index (χ0) is 13.1. The number of benzene rings is 1. The van der Waals surface area contributed by atoms with E-state index in [1.165, 1.54) is 5.56 Å². The third-order valence-corrected chi connectivity index (χ3v) is 3.21. The van der Waals surface area contributed by atoms with Crippen LogP contribution in [0.5, 0.6) is 11.5 Å². The first kappa shape index (κ1) is 12.0. The van der Waals surface area contributed by atoms with Gasteiger partial charge in [0.25, 0.3) is 0 Å². The topological polar surface area (TPSA) is 59.2 Å². The quantitative estimate of drug-likeness (QED) is 0.882. The summed E-state index contributed by atoms with van der Waals surface area (Å²) in [6, 6.07) is 8.26. The van der Waals surface area contributed by atoms with Gasteiger partial charge >= 0.3 is 0 Å². The van der Waals surface area contributed by atoms with E-state index in [9.17, 15) is 0 Å². The van der Waals surface area contributed by atoms with Gasteiger partial charge in [0.05, 0.1) is 5.69 Å². The Kier molecular flexibility index (Phi) is 3.37. The van der Waals surface area contributed by atoms with Gasteiger partial charge in [-0.05, 0) is 30.7 Å². The molecule has 0 radical (unpaired) electrons. The number of hydrogen-bond acceptors (Lipinski definition) is 4. The first-order chi connectivity index (χ1) is 9.33. The number of hydrogen-bond donors (Lipinski definition) is 2. The van der Waals surface area contributed by atoms with Crippen LogP contribution in [0.1, 0.15) is 24.2 Å². The van der Waals surface area contributed by atoms with Gasteiger partial charge in [-0.1, -0.05) is 6.07 Å². The van der Waals surface area contributed by atoms with Gasteiger partial charge in [0, 0.05) is 18.8 Å². The number of aromatic amines is 1. The molecule has 1 aliphatic heterocycles. The maximum atomic E-state index is 5.57. The van der Waals surface area contributed by atoms with Crippen LogP contribution in [0, 0.1) is 0 Å². The Morgan fingerprint density at radius 3 is 2.89 bits per heavy atom. The van der Waals surface area contributed by atoms with Crippen LogP contribution in [-0.2, 0) is 6.54 Å². The first-order valence-electron chi connectivity index (χ1n) is 6.44. The lowest BCUT2D eigenvalue weighted by molar-refractivity contribution is 0.171. The lowest BCUT2D eigenvalue weighted by atomic mass is 10.1. The number of aromatic nitrogens is 2. The summed E-state index contributed by atoms with van der Waals surface area (Å²) in [5, 5.41) is 10.4. The minimum atomic E-state index is 0.232. The normalized spacial score (nSPS) is 15.2. The van der Waals surface area contributed by atoms with Crippen molar-refractivity contribution < 1.29 is 9.47 Å². The molecule has 0 bridgehead atoms. The van der Waals surface area contributed by atoms with Crippen LogP contribution in [0.4, 0.5) is 0 Å². The van der Waals surface area contributed by atoms with Crippen molar-refractivity contribution in [2.45, 2.75) is 19.5 Å². The number of nitrogens with zero attached hydrogens (tertiary/aromatic N) is 1. The smallest absolute Gasteiger partial charge is 0.161 e. The molecule has 2 N–H and O–H groups in total. The average Bonchev–Trinajstić information content (AvgIpc) is 2.99. The highest BCUT2D eigenvalue weighted by Gasteiger charge is 2.12. The van der Waals surface area contributed by atoms with Gasteiger partial charge in [-0.15, -0.1) is 0 Å². The molecule has 1 unspecified atom stereocenters. The van der Waals surface area contributed by atoms with Crippen molar-refractivity contribution in [1.29, 1.82) is 0 Å². The van der Waals surface area contributed by atoms with E-state index in [4.69, 9.17) is 9.47 Å². The van der Waals surface area contributed by atoms with Gasteiger partial charge < -0.3 is 14.8 Å². The minimum absolute atomic E-state index is 0.232. The molecule has 2 aromatic rings. The number of fused-ring (bicyclic) bond motifs is 1. The maximum Gasteiger partial charge on any atom is 0.161 e. The molecule has 100 valence electrons. The fraction of sp³-hybridized carbons (Fsp3) is 0.357. The Hall–Kier alpha value is -2.01. The highest BCUT2D eigenvalue weighted by molar-refractivity contribution is 5.43. The Balaban J connectivity index is 1.64. The van der Waals surface area contributed by atoms with Crippen molar-refractivity contribution in [3.63, 3.8) is 0 Å². The number of ether oxygens (including phenoxy) is 2. The summed E-state index contributed by atoms with van der Waals surface area (Å²) in [6.07, 6.45) is 1.76. The van der Waals surface area contributed by atoms with Crippen LogP contribution in [-0.4, -0.2) is 23.4 Å². The van der Waals surface area contributed by atoms with Gasteiger partial charge in [-0.25, -0.2) is 0 Å². The maximum absolute atomic E-state index is 5.57. The number of H-pyrrole nitrogens is 1. The second-order valence-electron chi connectivity index (χ2n) is 4.59. The molecule has 0 fully saturated rings. The van der Waals surface area contributed by atoms with Gasteiger partial charge in [0.2, 0.25) is 0 Å². The highest BCUT2D eigenvalue weighted by atomic mass is 16.6. The van der Waals surface area contributed by atoms with Gasteiger partial charge in [0.15, 0.2) is 11.5 Å². The molecule has 19 heavy (non-hydrogen) atoms. The Labute approximate surface area is 111 Å². The minimum Gasteiger partial charge on any atom is -0.486 e. The van der Waals surface area contributed by atoms with Crippen molar-refractivity contribution in [2.24, 2.45) is 0 Å². The van der Waals surface area contributed by atoms with Crippen LogP contribution in [0.3, 0.4) is 0 Å². The van der Waals surface area contributed by atoms with E-state index >= 15 is 0 Å². The summed E-state index contributed by atoms with van der Waals surface area (Å²) in [5.41, 5.74) is 2.26. The van der Waals surface area contributed by atoms with Crippen molar-refractivity contribution in [1.82, 2.24) is 15.5 Å². The lowest BCUT2D eigenvalue weighted by Crippen LogP contribution is -2.19. The number of nitrogens with one attached hydrogen (secondary N) is 2. The van der Waals surface area contributed by atoms with E-state index in [0.717, 1.165) is 23.7 Å². The summed E-state index contributed by atoms with van der Waals surface area (Å²) < 4.78 is 11.1. The molecule has 0 saturated carbocycles. The SMILES string of the molecule is CC(NCc1ccc2c(c1)OCCO2)c1ccn[nH]1. The van der Waals surface area contributed by atoms with Crippen molar-refractivity contribution in [2.75, 3.05) is 13.2 Å². The Morgan fingerprint density at radius 2 is 2.11 bits per heavy atom. The van der Waals surface area contributed by atoms with E-state index in [1.807, 2.05) is 18.2 Å². The summed E-state index contributed by atoms with van der Waals surface area (Å²) in [4.78, 5) is 0. The van der Waals surface area contributed by atoms with E-state index in [2.05, 4.69) is 28.5 Å². The predicted octanol–water partition coefficient (Wildman–Crippen LogP) is 2.03. The van der Waals surface area contributed by atoms with E-state index in [-0.39, 0.29) is 6.04 Å². The fourth-order valence-corrected chi connectivity index (χ4v) is 2.09. The molecule has 1 aromatic carbocycles. The standard InChI is InChI=1S/C14H17N3O2/c1-10(12-4-5-16-17-12)15-9-11-2-3-13-14(8-11)19-7-6-18-13/h2-5,8,10,15H,6-7,9H2,1H3,(H,16,17). The van der Waals surface area contributed by atoms with E-state index in [0.29, 0.717) is 13.2 Å². The zero-order valence-corrected chi connectivity index (χ0v) is 10.8. The van der Waals surface area contributed by atoms with Crippen LogP contribution in [0.25, 0.3) is 0 Å². The summed E-state index contributed by atoms with van der Waals surface area (Å²) >= 11 is 0. The van der Waals surface area contributed by atoms with Crippen LogP contribution in [0.2, 0.25) is 0 Å². The van der Waals surface area contributed by atoms with Crippen molar-refractivity contribution >= 4 is 0 Å². The second-order valence-corrected chi connectivity index (χ2v) is 4.59. The first-order valence-corrected chi connectivity index (χ1v) is 6.44. The summed E-state index contributed by atoms with van der Waals surface area (Å²) in [7, 11) is 0. The van der Waals surface area contributed by atoms with Gasteiger partial charge in [0.1, 0.15) is 13.2 Å². The monoisotopic (exact) mass is 259 g/mol. The molecule has 3 rings (SSSR count). The molecule has 0 aliphatic carbocycles. The van der Waals surface area contributed by atoms with Crippen LogP contribution < -0.4 is 14.8 Å². The molecular weight excluding hydrogens is 242 g/mol. The fourth-order valence-electron chi connectivity index (χ4n) is 2.09. The molecule has 5 heteroatoms. The molecule has 0 spiro atoms. The zero-order valence-electron chi connectivity index (χ0n) is 10.8. The second kappa shape index (κ2) is 5.32.